The van der Waals surface area contributed by atoms with E-state index in [9.17, 15) is 9.59 Å². The van der Waals surface area contributed by atoms with Crippen LogP contribution < -0.4 is 9.47 Å². The minimum atomic E-state index is -0.596. The van der Waals surface area contributed by atoms with Crippen LogP contribution in [-0.4, -0.2) is 37.1 Å². The molecule has 28 heavy (non-hydrogen) atoms. The van der Waals surface area contributed by atoms with Crippen molar-refractivity contribution in [1.29, 1.82) is 0 Å². The molecule has 0 bridgehead atoms. The molecule has 0 atom stereocenters. The number of methoxy groups -OCH3 is 1. The van der Waals surface area contributed by atoms with Crippen molar-refractivity contribution in [2.45, 2.75) is 6.92 Å². The van der Waals surface area contributed by atoms with E-state index >= 15 is 0 Å². The molecule has 0 radical (unpaired) electrons. The van der Waals surface area contributed by atoms with Gasteiger partial charge in [-0.25, -0.2) is 4.79 Å². The van der Waals surface area contributed by atoms with E-state index in [-0.39, 0.29) is 12.4 Å². The summed E-state index contributed by atoms with van der Waals surface area (Å²) < 4.78 is 15.8. The zero-order chi connectivity index (χ0) is 19.9. The van der Waals surface area contributed by atoms with Crippen molar-refractivity contribution in [2.75, 3.05) is 20.3 Å². The molecule has 1 N–H and O–H groups in total. The lowest BCUT2D eigenvalue weighted by molar-refractivity contribution is -0.136. The van der Waals surface area contributed by atoms with Crippen molar-refractivity contribution >= 4 is 28.7 Å². The first-order valence-electron chi connectivity index (χ1n) is 8.87. The highest BCUT2D eigenvalue weighted by Crippen LogP contribution is 2.28. The zero-order valence-electron chi connectivity index (χ0n) is 15.7. The molecule has 0 saturated heterocycles. The number of hydrogen-bond acceptors (Lipinski definition) is 5. The monoisotopic (exact) mass is 379 g/mol. The molecule has 0 aliphatic rings. The van der Waals surface area contributed by atoms with Crippen LogP contribution >= 0.6 is 0 Å². The third-order valence-corrected chi connectivity index (χ3v) is 4.13. The fourth-order valence-corrected chi connectivity index (χ4v) is 2.79. The van der Waals surface area contributed by atoms with Crippen molar-refractivity contribution in [1.82, 2.24) is 4.98 Å². The van der Waals surface area contributed by atoms with E-state index in [2.05, 4.69) is 4.98 Å². The Morgan fingerprint density at radius 2 is 1.93 bits per heavy atom. The van der Waals surface area contributed by atoms with E-state index < -0.39 is 5.97 Å². The van der Waals surface area contributed by atoms with E-state index in [1.165, 1.54) is 6.08 Å². The summed E-state index contributed by atoms with van der Waals surface area (Å²) in [6.07, 6.45) is 4.50. The van der Waals surface area contributed by atoms with Gasteiger partial charge in [0.1, 0.15) is 0 Å². The maximum atomic E-state index is 12.3. The Morgan fingerprint density at radius 3 is 2.71 bits per heavy atom. The van der Waals surface area contributed by atoms with Crippen LogP contribution in [0.3, 0.4) is 0 Å². The molecule has 144 valence electrons. The van der Waals surface area contributed by atoms with Gasteiger partial charge in [-0.15, -0.1) is 0 Å². The van der Waals surface area contributed by atoms with Crippen molar-refractivity contribution in [3.8, 4) is 11.5 Å². The van der Waals surface area contributed by atoms with Crippen molar-refractivity contribution in [3.05, 3.63) is 65.9 Å². The highest BCUT2D eigenvalue weighted by molar-refractivity contribution is 6.09. The first-order chi connectivity index (χ1) is 13.6. The van der Waals surface area contributed by atoms with E-state index in [1.807, 2.05) is 31.2 Å². The number of carbonyl (C=O) groups excluding carboxylic acids is 2. The molecular weight excluding hydrogens is 358 g/mol. The quantitative estimate of drug-likeness (QED) is 0.363. The Labute approximate surface area is 162 Å². The van der Waals surface area contributed by atoms with Crippen LogP contribution in [0.2, 0.25) is 0 Å². The summed E-state index contributed by atoms with van der Waals surface area (Å²) in [5.74, 6) is 0.351. The van der Waals surface area contributed by atoms with E-state index in [4.69, 9.17) is 14.2 Å². The summed E-state index contributed by atoms with van der Waals surface area (Å²) in [5, 5.41) is 0.806. The molecule has 0 amide bonds. The molecule has 6 nitrogen and oxygen atoms in total. The van der Waals surface area contributed by atoms with Gasteiger partial charge in [-0.05, 0) is 36.8 Å². The molecule has 2 aromatic carbocycles. The number of Topliss-reactive ketones (excluding diaryl/α,β-unsaturated/α-hetero) is 1. The number of aromatic nitrogens is 1. The zero-order valence-corrected chi connectivity index (χ0v) is 15.7. The number of fused-ring (bicyclic) bond motifs is 1. The molecule has 6 heteroatoms. The molecule has 0 saturated carbocycles. The normalized spacial score (nSPS) is 10.9. The number of carbonyl (C=O) groups is 2. The maximum absolute atomic E-state index is 12.3. The second kappa shape index (κ2) is 8.90. The Hall–Kier alpha value is -3.54. The van der Waals surface area contributed by atoms with Crippen LogP contribution in [0, 0.1) is 0 Å². The van der Waals surface area contributed by atoms with Gasteiger partial charge >= 0.3 is 5.97 Å². The Balaban J connectivity index is 1.60. The van der Waals surface area contributed by atoms with Gasteiger partial charge in [0.05, 0.1) is 13.7 Å². The number of ether oxygens (including phenoxy) is 3. The summed E-state index contributed by atoms with van der Waals surface area (Å²) in [6.45, 7) is 2.10. The SMILES string of the molecule is CCOc1ccc(/C=C/C(=O)OCC(=O)c2c[nH]c3ccccc23)cc1OC. The highest BCUT2D eigenvalue weighted by Gasteiger charge is 2.13. The summed E-state index contributed by atoms with van der Waals surface area (Å²) in [5.41, 5.74) is 2.12. The number of hydrogen-bond donors (Lipinski definition) is 1. The lowest BCUT2D eigenvalue weighted by Gasteiger charge is -2.09. The Morgan fingerprint density at radius 1 is 1.11 bits per heavy atom. The van der Waals surface area contributed by atoms with E-state index in [0.717, 1.165) is 16.5 Å². The molecule has 1 heterocycles. The molecule has 0 spiro atoms. The van der Waals surface area contributed by atoms with Gasteiger partial charge < -0.3 is 19.2 Å². The third kappa shape index (κ3) is 4.40. The number of nitrogens with one attached hydrogen (secondary N) is 1. The second-order valence-electron chi connectivity index (χ2n) is 5.96. The van der Waals surface area contributed by atoms with Gasteiger partial charge in [0, 0.05) is 28.7 Å². The van der Waals surface area contributed by atoms with Gasteiger partial charge in [-0.3, -0.25) is 4.79 Å². The van der Waals surface area contributed by atoms with E-state index in [0.29, 0.717) is 23.7 Å². The van der Waals surface area contributed by atoms with Crippen LogP contribution in [0.25, 0.3) is 17.0 Å². The predicted molar refractivity (Wildman–Crippen MR) is 107 cm³/mol. The fourth-order valence-electron chi connectivity index (χ4n) is 2.79. The highest BCUT2D eigenvalue weighted by atomic mass is 16.5. The van der Waals surface area contributed by atoms with Crippen molar-refractivity contribution in [2.24, 2.45) is 0 Å². The molecule has 3 rings (SSSR count). The molecule has 3 aromatic rings. The molecule has 0 unspecified atom stereocenters. The Kier molecular flexibility index (Phi) is 6.11. The van der Waals surface area contributed by atoms with Gasteiger partial charge in [-0.1, -0.05) is 24.3 Å². The number of para-hydroxylation sites is 1. The summed E-state index contributed by atoms with van der Waals surface area (Å²) >= 11 is 0. The first-order valence-corrected chi connectivity index (χ1v) is 8.87. The third-order valence-electron chi connectivity index (χ3n) is 4.13. The molecule has 0 aliphatic carbocycles. The molecular formula is C22H21NO5. The molecule has 1 aromatic heterocycles. The van der Waals surface area contributed by atoms with Gasteiger partial charge in [0.2, 0.25) is 5.78 Å². The molecule has 0 fully saturated rings. The standard InChI is InChI=1S/C22H21NO5/c1-3-27-20-10-8-15(12-21(20)26-2)9-11-22(25)28-14-19(24)17-13-23-18-7-5-4-6-16(17)18/h4-13,23H,3,14H2,1-2H3/b11-9+. The first kappa shape index (κ1) is 19.2. The average Bonchev–Trinajstić information content (AvgIpc) is 3.15. The fraction of sp³-hybridized carbons (Fsp3) is 0.182. The second-order valence-corrected chi connectivity index (χ2v) is 5.96. The number of H-pyrrole nitrogens is 1. The molecule has 0 aliphatic heterocycles. The lowest BCUT2D eigenvalue weighted by atomic mass is 10.1. The van der Waals surface area contributed by atoms with Gasteiger partial charge in [-0.2, -0.15) is 0 Å². The minimum Gasteiger partial charge on any atom is -0.493 e. The minimum absolute atomic E-state index is 0.262. The number of esters is 1. The Bertz CT molecular complexity index is 1020. The van der Waals surface area contributed by atoms with Crippen LogP contribution in [-0.2, 0) is 9.53 Å². The van der Waals surface area contributed by atoms with E-state index in [1.54, 1.807) is 37.6 Å². The van der Waals surface area contributed by atoms with Gasteiger partial charge in [0.25, 0.3) is 0 Å². The van der Waals surface area contributed by atoms with Crippen molar-refractivity contribution < 1.29 is 23.8 Å². The number of rotatable bonds is 8. The number of benzene rings is 2. The predicted octanol–water partition coefficient (Wildman–Crippen LogP) is 4.01. The van der Waals surface area contributed by atoms with Crippen LogP contribution in [0.1, 0.15) is 22.8 Å². The van der Waals surface area contributed by atoms with Crippen LogP contribution in [0.4, 0.5) is 0 Å². The van der Waals surface area contributed by atoms with Crippen molar-refractivity contribution in [3.63, 3.8) is 0 Å². The maximum Gasteiger partial charge on any atom is 0.331 e. The average molecular weight is 379 g/mol. The van der Waals surface area contributed by atoms with Crippen LogP contribution in [0.15, 0.2) is 54.7 Å². The smallest absolute Gasteiger partial charge is 0.331 e. The summed E-state index contributed by atoms with van der Waals surface area (Å²) in [6, 6.07) is 12.8. The number of ketones is 1. The largest absolute Gasteiger partial charge is 0.493 e. The summed E-state index contributed by atoms with van der Waals surface area (Å²) in [4.78, 5) is 27.3. The van der Waals surface area contributed by atoms with Crippen LogP contribution in [0.5, 0.6) is 11.5 Å². The topological polar surface area (TPSA) is 77.6 Å². The van der Waals surface area contributed by atoms with Gasteiger partial charge in [0.15, 0.2) is 18.1 Å². The lowest BCUT2D eigenvalue weighted by Crippen LogP contribution is -2.12. The summed E-state index contributed by atoms with van der Waals surface area (Å²) in [7, 11) is 1.55. The number of aromatic amines is 1.